The zero-order chi connectivity index (χ0) is 22.3. The van der Waals surface area contributed by atoms with Gasteiger partial charge in [0.2, 0.25) is 5.75 Å². The SMILES string of the molecule is COc1ccc(/C=N/NC(=O)C(O)(c2ccccc2)c2ccccc2)c(OC)c1OC. The summed E-state index contributed by atoms with van der Waals surface area (Å²) in [6.07, 6.45) is 1.41. The van der Waals surface area contributed by atoms with Crippen molar-refractivity contribution < 1.29 is 24.1 Å². The molecular weight excluding hydrogens is 396 g/mol. The van der Waals surface area contributed by atoms with Crippen molar-refractivity contribution in [2.75, 3.05) is 21.3 Å². The zero-order valence-electron chi connectivity index (χ0n) is 17.5. The van der Waals surface area contributed by atoms with E-state index in [1.807, 2.05) is 12.1 Å². The number of rotatable bonds is 8. The average Bonchev–Trinajstić information content (AvgIpc) is 2.83. The number of carbonyl (C=O) groups is 1. The van der Waals surface area contributed by atoms with Gasteiger partial charge in [-0.15, -0.1) is 0 Å². The Balaban J connectivity index is 1.92. The van der Waals surface area contributed by atoms with Crippen LogP contribution in [0.1, 0.15) is 16.7 Å². The van der Waals surface area contributed by atoms with E-state index >= 15 is 0 Å². The summed E-state index contributed by atoms with van der Waals surface area (Å²) in [6.45, 7) is 0. The highest BCUT2D eigenvalue weighted by atomic mass is 16.5. The first-order valence-corrected chi connectivity index (χ1v) is 9.52. The molecule has 0 aliphatic heterocycles. The summed E-state index contributed by atoms with van der Waals surface area (Å²) in [5.41, 5.74) is 1.94. The molecule has 0 heterocycles. The third kappa shape index (κ3) is 4.36. The second-order valence-electron chi connectivity index (χ2n) is 6.57. The largest absolute Gasteiger partial charge is 0.493 e. The summed E-state index contributed by atoms with van der Waals surface area (Å²) in [6, 6.07) is 20.8. The Hall–Kier alpha value is -3.84. The van der Waals surface area contributed by atoms with Crippen LogP contribution in [0.2, 0.25) is 0 Å². The number of aliphatic hydroxyl groups is 1. The van der Waals surface area contributed by atoms with Crippen LogP contribution in [-0.4, -0.2) is 38.6 Å². The van der Waals surface area contributed by atoms with Crippen molar-refractivity contribution in [1.29, 1.82) is 0 Å². The van der Waals surface area contributed by atoms with E-state index in [2.05, 4.69) is 10.5 Å². The van der Waals surface area contributed by atoms with Crippen LogP contribution in [0.5, 0.6) is 17.2 Å². The summed E-state index contributed by atoms with van der Waals surface area (Å²) >= 11 is 0. The summed E-state index contributed by atoms with van der Waals surface area (Å²) in [5, 5.41) is 15.5. The first-order valence-electron chi connectivity index (χ1n) is 9.52. The van der Waals surface area contributed by atoms with Gasteiger partial charge < -0.3 is 19.3 Å². The van der Waals surface area contributed by atoms with E-state index in [1.165, 1.54) is 27.5 Å². The van der Waals surface area contributed by atoms with Gasteiger partial charge in [-0.25, -0.2) is 5.43 Å². The molecule has 0 unspecified atom stereocenters. The Morgan fingerprint density at radius 1 is 0.839 bits per heavy atom. The summed E-state index contributed by atoms with van der Waals surface area (Å²) in [5.74, 6) is 0.621. The molecule has 3 rings (SSSR count). The lowest BCUT2D eigenvalue weighted by atomic mass is 9.85. The molecule has 0 spiro atoms. The van der Waals surface area contributed by atoms with Crippen molar-refractivity contribution in [3.05, 3.63) is 89.5 Å². The molecule has 0 radical (unpaired) electrons. The predicted octanol–water partition coefficient (Wildman–Crippen LogP) is 3.10. The van der Waals surface area contributed by atoms with Crippen LogP contribution in [0, 0.1) is 0 Å². The molecule has 0 bridgehead atoms. The van der Waals surface area contributed by atoms with Crippen molar-refractivity contribution in [3.8, 4) is 17.2 Å². The van der Waals surface area contributed by atoms with Gasteiger partial charge in [0, 0.05) is 5.56 Å². The van der Waals surface area contributed by atoms with E-state index in [-0.39, 0.29) is 0 Å². The van der Waals surface area contributed by atoms with Gasteiger partial charge in [-0.1, -0.05) is 60.7 Å². The third-order valence-corrected chi connectivity index (χ3v) is 4.82. The first kappa shape index (κ1) is 21.9. The van der Waals surface area contributed by atoms with Crippen LogP contribution in [0.3, 0.4) is 0 Å². The van der Waals surface area contributed by atoms with Crippen LogP contribution in [0.4, 0.5) is 0 Å². The summed E-state index contributed by atoms with van der Waals surface area (Å²) < 4.78 is 16.0. The highest BCUT2D eigenvalue weighted by Gasteiger charge is 2.39. The highest BCUT2D eigenvalue weighted by molar-refractivity contribution is 5.92. The van der Waals surface area contributed by atoms with Crippen molar-refractivity contribution in [2.45, 2.75) is 5.60 Å². The fourth-order valence-electron chi connectivity index (χ4n) is 3.25. The van der Waals surface area contributed by atoms with Crippen LogP contribution < -0.4 is 19.6 Å². The van der Waals surface area contributed by atoms with Crippen LogP contribution in [-0.2, 0) is 10.4 Å². The molecule has 2 N–H and O–H groups in total. The maximum Gasteiger partial charge on any atom is 0.281 e. The van der Waals surface area contributed by atoms with Crippen molar-refractivity contribution in [2.24, 2.45) is 5.10 Å². The molecule has 0 aromatic heterocycles. The van der Waals surface area contributed by atoms with E-state index in [9.17, 15) is 9.90 Å². The van der Waals surface area contributed by atoms with Gasteiger partial charge in [0.05, 0.1) is 27.5 Å². The topological polar surface area (TPSA) is 89.4 Å². The number of carbonyl (C=O) groups excluding carboxylic acids is 1. The Labute approximate surface area is 180 Å². The van der Waals surface area contributed by atoms with E-state index < -0.39 is 11.5 Å². The monoisotopic (exact) mass is 420 g/mol. The smallest absolute Gasteiger partial charge is 0.281 e. The fourth-order valence-corrected chi connectivity index (χ4v) is 3.25. The lowest BCUT2D eigenvalue weighted by Gasteiger charge is -2.27. The van der Waals surface area contributed by atoms with Gasteiger partial charge in [0.1, 0.15) is 0 Å². The molecule has 0 saturated heterocycles. The molecule has 160 valence electrons. The van der Waals surface area contributed by atoms with E-state index in [4.69, 9.17) is 14.2 Å². The molecule has 0 fully saturated rings. The molecule has 1 amide bonds. The lowest BCUT2D eigenvalue weighted by Crippen LogP contribution is -2.43. The van der Waals surface area contributed by atoms with Gasteiger partial charge in [0.25, 0.3) is 5.91 Å². The van der Waals surface area contributed by atoms with Crippen molar-refractivity contribution in [1.82, 2.24) is 5.43 Å². The normalized spacial score (nSPS) is 11.2. The number of methoxy groups -OCH3 is 3. The standard InChI is InChI=1S/C24H24N2O5/c1-29-20-15-14-17(21(30-2)22(20)31-3)16-25-26-23(27)24(28,18-10-6-4-7-11-18)19-12-8-5-9-13-19/h4-16,28H,1-3H3,(H,26,27)/b25-16+. The van der Waals surface area contributed by atoms with Crippen LogP contribution in [0.25, 0.3) is 0 Å². The molecule has 7 heteroatoms. The molecular formula is C24H24N2O5. The number of hydrazone groups is 1. The van der Waals surface area contributed by atoms with E-state index in [0.29, 0.717) is 33.9 Å². The lowest BCUT2D eigenvalue weighted by molar-refractivity contribution is -0.136. The van der Waals surface area contributed by atoms with E-state index in [1.54, 1.807) is 60.7 Å². The van der Waals surface area contributed by atoms with Gasteiger partial charge in [-0.3, -0.25) is 4.79 Å². The number of amides is 1. The third-order valence-electron chi connectivity index (χ3n) is 4.82. The second-order valence-corrected chi connectivity index (χ2v) is 6.57. The Kier molecular flexibility index (Phi) is 6.89. The fraction of sp³-hybridized carbons (Fsp3) is 0.167. The molecule has 3 aromatic carbocycles. The average molecular weight is 420 g/mol. The quantitative estimate of drug-likeness (QED) is 0.432. The zero-order valence-corrected chi connectivity index (χ0v) is 17.5. The molecule has 7 nitrogen and oxygen atoms in total. The first-order chi connectivity index (χ1) is 15.1. The summed E-state index contributed by atoms with van der Waals surface area (Å²) in [7, 11) is 4.53. The molecule has 0 aliphatic carbocycles. The number of hydrogen-bond acceptors (Lipinski definition) is 6. The Morgan fingerprint density at radius 2 is 1.39 bits per heavy atom. The van der Waals surface area contributed by atoms with Crippen molar-refractivity contribution >= 4 is 12.1 Å². The molecule has 0 atom stereocenters. The van der Waals surface area contributed by atoms with Gasteiger partial charge in [-0.05, 0) is 23.3 Å². The summed E-state index contributed by atoms with van der Waals surface area (Å²) in [4.78, 5) is 13.1. The minimum Gasteiger partial charge on any atom is -0.493 e. The molecule has 0 aliphatic rings. The minimum atomic E-state index is -1.92. The Bertz CT molecular complexity index is 1010. The maximum absolute atomic E-state index is 13.1. The number of benzene rings is 3. The van der Waals surface area contributed by atoms with Crippen molar-refractivity contribution in [3.63, 3.8) is 0 Å². The second kappa shape index (κ2) is 9.77. The van der Waals surface area contributed by atoms with Gasteiger partial charge in [-0.2, -0.15) is 5.10 Å². The molecule has 31 heavy (non-hydrogen) atoms. The Morgan fingerprint density at radius 3 is 1.87 bits per heavy atom. The number of ether oxygens (including phenoxy) is 3. The predicted molar refractivity (Wildman–Crippen MR) is 118 cm³/mol. The molecule has 3 aromatic rings. The van der Waals surface area contributed by atoms with E-state index in [0.717, 1.165) is 0 Å². The van der Waals surface area contributed by atoms with Gasteiger partial charge >= 0.3 is 0 Å². The highest BCUT2D eigenvalue weighted by Crippen LogP contribution is 2.39. The minimum absolute atomic E-state index is 0.404. The molecule has 0 saturated carbocycles. The maximum atomic E-state index is 13.1. The van der Waals surface area contributed by atoms with Crippen LogP contribution >= 0.6 is 0 Å². The number of nitrogens with zero attached hydrogens (tertiary/aromatic N) is 1. The number of nitrogens with one attached hydrogen (secondary N) is 1. The van der Waals surface area contributed by atoms with Gasteiger partial charge in [0.15, 0.2) is 17.1 Å². The number of hydrogen-bond donors (Lipinski definition) is 2. The van der Waals surface area contributed by atoms with Crippen LogP contribution in [0.15, 0.2) is 77.9 Å².